The lowest BCUT2D eigenvalue weighted by Crippen LogP contribution is -2.44. The molecule has 0 spiro atoms. The summed E-state index contributed by atoms with van der Waals surface area (Å²) in [4.78, 5) is 43.5. The van der Waals surface area contributed by atoms with Crippen molar-refractivity contribution in [1.29, 1.82) is 0 Å². The molecule has 1 aliphatic carbocycles. The zero-order valence-corrected chi connectivity index (χ0v) is 24.1. The predicted molar refractivity (Wildman–Crippen MR) is 150 cm³/mol. The number of benzene rings is 1. The smallest absolute Gasteiger partial charge is 0.266 e. The Morgan fingerprint density at radius 2 is 1.74 bits per heavy atom. The molecule has 0 bridgehead atoms. The minimum absolute atomic E-state index is 0.00931. The van der Waals surface area contributed by atoms with Crippen LogP contribution in [0, 0.1) is 5.82 Å². The Balaban J connectivity index is 1.45. The summed E-state index contributed by atoms with van der Waals surface area (Å²) in [5.74, 6) is -2.28. The Morgan fingerprint density at radius 3 is 2.38 bits per heavy atom. The normalized spacial score (nSPS) is 23.2. The lowest BCUT2D eigenvalue weighted by atomic mass is 9.99. The number of rotatable bonds is 8. The van der Waals surface area contributed by atoms with Gasteiger partial charge in [0.25, 0.3) is 23.8 Å². The molecule has 12 heteroatoms. The first-order chi connectivity index (χ1) is 19.8. The monoisotopic (exact) mass is 591 g/mol. The summed E-state index contributed by atoms with van der Waals surface area (Å²) in [5.41, 5.74) is -3.49. The summed E-state index contributed by atoms with van der Waals surface area (Å²) in [7, 11) is 2.02. The van der Waals surface area contributed by atoms with Crippen molar-refractivity contribution >= 4 is 17.5 Å². The summed E-state index contributed by atoms with van der Waals surface area (Å²) in [6.45, 7) is 5.36. The highest BCUT2D eigenvalue weighted by molar-refractivity contribution is 5.99. The minimum Gasteiger partial charge on any atom is -0.381 e. The van der Waals surface area contributed by atoms with Gasteiger partial charge in [-0.3, -0.25) is 14.4 Å². The van der Waals surface area contributed by atoms with Gasteiger partial charge >= 0.3 is 0 Å². The third kappa shape index (κ3) is 5.91. The molecular formula is C30H37F4N5O3. The zero-order chi connectivity index (χ0) is 30.4. The molecule has 2 aliphatic heterocycles. The Bertz CT molecular complexity index is 1420. The Morgan fingerprint density at radius 1 is 1.07 bits per heavy atom. The van der Waals surface area contributed by atoms with Gasteiger partial charge in [0, 0.05) is 37.0 Å². The van der Waals surface area contributed by atoms with Gasteiger partial charge in [0.1, 0.15) is 5.82 Å². The van der Waals surface area contributed by atoms with E-state index in [4.69, 9.17) is 0 Å². The molecule has 2 amide bonds. The number of nitrogens with zero attached hydrogens (tertiary/aromatic N) is 3. The van der Waals surface area contributed by atoms with Gasteiger partial charge < -0.3 is 25.0 Å². The van der Waals surface area contributed by atoms with E-state index >= 15 is 0 Å². The molecular weight excluding hydrogens is 554 g/mol. The van der Waals surface area contributed by atoms with Crippen LogP contribution in [-0.4, -0.2) is 71.1 Å². The van der Waals surface area contributed by atoms with Gasteiger partial charge in [-0.2, -0.15) is 0 Å². The highest BCUT2D eigenvalue weighted by Crippen LogP contribution is 2.43. The van der Waals surface area contributed by atoms with E-state index in [1.807, 2.05) is 7.05 Å². The number of carbonyl (C=O) groups excluding carboxylic acids is 2. The van der Waals surface area contributed by atoms with Crippen molar-refractivity contribution in [2.75, 3.05) is 38.5 Å². The Kier molecular flexibility index (Phi) is 8.12. The van der Waals surface area contributed by atoms with E-state index in [1.54, 1.807) is 6.92 Å². The van der Waals surface area contributed by atoms with Crippen molar-refractivity contribution < 1.29 is 27.2 Å². The topological polar surface area (TPSA) is 86.7 Å². The van der Waals surface area contributed by atoms with Crippen LogP contribution in [-0.2, 0) is 10.3 Å². The number of halogens is 4. The Hall–Kier alpha value is -3.41. The minimum atomic E-state index is -3.01. The van der Waals surface area contributed by atoms with Crippen LogP contribution in [0.3, 0.4) is 0 Å². The largest absolute Gasteiger partial charge is 0.381 e. The quantitative estimate of drug-likeness (QED) is 0.446. The van der Waals surface area contributed by atoms with Gasteiger partial charge in [-0.25, -0.2) is 17.6 Å². The second-order valence-electron chi connectivity index (χ2n) is 12.2. The second kappa shape index (κ2) is 11.3. The van der Waals surface area contributed by atoms with Gasteiger partial charge in [-0.05, 0) is 66.1 Å². The van der Waals surface area contributed by atoms with Crippen LogP contribution in [0.5, 0.6) is 0 Å². The van der Waals surface area contributed by atoms with Crippen molar-refractivity contribution in [3.8, 4) is 0 Å². The summed E-state index contributed by atoms with van der Waals surface area (Å²) in [6, 6.07) is 4.06. The standard InChI is InChI=1S/C30H37F4N5O3/c1-18(20-5-4-6-21(25(20)31)26(32)33)35-27(41)22-16-39(24(40)15-23(22)36-19-7-12-37(3)13-8-19)29(2)11-14-38(17-29)28(42)30(34)9-10-30/h4-6,15-16,18-19,26,36H,7-14,17H2,1-3H3,(H,35,41). The predicted octanol–water partition coefficient (Wildman–Crippen LogP) is 4.37. The molecule has 3 fully saturated rings. The Labute approximate surface area is 242 Å². The second-order valence-corrected chi connectivity index (χ2v) is 12.2. The van der Waals surface area contributed by atoms with Crippen molar-refractivity contribution in [1.82, 2.24) is 19.7 Å². The summed E-state index contributed by atoms with van der Waals surface area (Å²) in [6.07, 6.45) is 0.792. The molecule has 3 heterocycles. The number of nitrogens with one attached hydrogen (secondary N) is 2. The third-order valence-corrected chi connectivity index (χ3v) is 8.88. The summed E-state index contributed by atoms with van der Waals surface area (Å²) < 4.78 is 57.4. The van der Waals surface area contributed by atoms with Crippen LogP contribution < -0.4 is 16.2 Å². The van der Waals surface area contributed by atoms with E-state index in [0.29, 0.717) is 12.1 Å². The summed E-state index contributed by atoms with van der Waals surface area (Å²) in [5, 5.41) is 6.05. The molecule has 1 saturated carbocycles. The van der Waals surface area contributed by atoms with E-state index in [1.165, 1.54) is 40.8 Å². The fraction of sp³-hybridized carbons (Fsp3) is 0.567. The number of pyridine rings is 1. The molecule has 2 atom stereocenters. The molecule has 0 radical (unpaired) electrons. The fourth-order valence-electron chi connectivity index (χ4n) is 5.97. The first-order valence-electron chi connectivity index (χ1n) is 14.4. The first-order valence-corrected chi connectivity index (χ1v) is 14.4. The van der Waals surface area contributed by atoms with Crippen molar-refractivity contribution in [3.63, 3.8) is 0 Å². The highest BCUT2D eigenvalue weighted by atomic mass is 19.3. The molecule has 5 rings (SSSR count). The molecule has 228 valence electrons. The van der Waals surface area contributed by atoms with Crippen molar-refractivity contribution in [2.45, 2.75) is 75.7 Å². The number of hydrogen-bond donors (Lipinski definition) is 2. The summed E-state index contributed by atoms with van der Waals surface area (Å²) >= 11 is 0. The molecule has 2 unspecified atom stereocenters. The lowest BCUT2D eigenvalue weighted by Gasteiger charge is -2.32. The molecule has 2 saturated heterocycles. The number of likely N-dealkylation sites (tertiary alicyclic amines) is 2. The number of aromatic nitrogens is 1. The van der Waals surface area contributed by atoms with Crippen LogP contribution in [0.2, 0.25) is 0 Å². The van der Waals surface area contributed by atoms with Crippen LogP contribution in [0.4, 0.5) is 23.2 Å². The number of carbonyl (C=O) groups is 2. The molecule has 2 N–H and O–H groups in total. The fourth-order valence-corrected chi connectivity index (χ4v) is 5.97. The van der Waals surface area contributed by atoms with E-state index in [-0.39, 0.29) is 48.7 Å². The number of hydrogen-bond acceptors (Lipinski definition) is 5. The maximum absolute atomic E-state index is 14.9. The van der Waals surface area contributed by atoms with Gasteiger partial charge in [-0.1, -0.05) is 18.2 Å². The third-order valence-electron chi connectivity index (χ3n) is 8.88. The van der Waals surface area contributed by atoms with Gasteiger partial charge in [0.2, 0.25) is 0 Å². The number of piperidine rings is 1. The SMILES string of the molecule is CC(NC(=O)c1cn(C2(C)CCN(C(=O)C3(F)CC3)C2)c(=O)cc1NC1CCN(C)CC1)c1cccc(C(F)F)c1F. The zero-order valence-electron chi connectivity index (χ0n) is 24.1. The lowest BCUT2D eigenvalue weighted by molar-refractivity contribution is -0.137. The van der Waals surface area contributed by atoms with Crippen LogP contribution in [0.15, 0.2) is 35.3 Å². The van der Waals surface area contributed by atoms with Gasteiger partial charge in [0.05, 0.1) is 28.4 Å². The van der Waals surface area contributed by atoms with E-state index in [0.717, 1.165) is 32.0 Å². The molecule has 42 heavy (non-hydrogen) atoms. The van der Waals surface area contributed by atoms with Gasteiger partial charge in [0.15, 0.2) is 5.67 Å². The number of amides is 2. The highest BCUT2D eigenvalue weighted by Gasteiger charge is 2.55. The number of alkyl halides is 3. The van der Waals surface area contributed by atoms with Crippen molar-refractivity contribution in [3.05, 3.63) is 63.3 Å². The molecule has 8 nitrogen and oxygen atoms in total. The van der Waals surface area contributed by atoms with Crippen LogP contribution >= 0.6 is 0 Å². The molecule has 1 aromatic carbocycles. The average Bonchev–Trinajstić information content (AvgIpc) is 3.57. The maximum Gasteiger partial charge on any atom is 0.266 e. The molecule has 3 aliphatic rings. The van der Waals surface area contributed by atoms with E-state index in [2.05, 4.69) is 15.5 Å². The maximum atomic E-state index is 14.9. The van der Waals surface area contributed by atoms with Crippen molar-refractivity contribution in [2.24, 2.45) is 0 Å². The first kappa shape index (κ1) is 30.1. The van der Waals surface area contributed by atoms with Crippen LogP contribution in [0.25, 0.3) is 0 Å². The van der Waals surface area contributed by atoms with Gasteiger partial charge in [-0.15, -0.1) is 0 Å². The molecule has 2 aromatic rings. The van der Waals surface area contributed by atoms with E-state index < -0.39 is 46.9 Å². The van der Waals surface area contributed by atoms with Crippen LogP contribution in [0.1, 0.15) is 79.9 Å². The average molecular weight is 592 g/mol. The van der Waals surface area contributed by atoms with E-state index in [9.17, 15) is 31.9 Å². The number of anilines is 1. The molecule has 1 aromatic heterocycles.